The van der Waals surface area contributed by atoms with Crippen molar-refractivity contribution in [3.63, 3.8) is 0 Å². The van der Waals surface area contributed by atoms with Gasteiger partial charge < -0.3 is 10.6 Å². The van der Waals surface area contributed by atoms with Gasteiger partial charge in [0.25, 0.3) is 0 Å². The highest BCUT2D eigenvalue weighted by atomic mass is 14.9. The monoisotopic (exact) mass is 254 g/mol. The van der Waals surface area contributed by atoms with E-state index in [9.17, 15) is 0 Å². The Balaban J connectivity index is 1.77. The number of benzene rings is 2. The van der Waals surface area contributed by atoms with Gasteiger partial charge in [-0.15, -0.1) is 0 Å². The highest BCUT2D eigenvalue weighted by Gasteiger charge is 1.96. The van der Waals surface area contributed by atoms with E-state index in [1.165, 1.54) is 28.1 Å². The summed E-state index contributed by atoms with van der Waals surface area (Å²) in [6.07, 6.45) is 0. The van der Waals surface area contributed by atoms with E-state index in [4.69, 9.17) is 0 Å². The average molecular weight is 254 g/mol. The van der Waals surface area contributed by atoms with Crippen molar-refractivity contribution in [2.75, 3.05) is 23.7 Å². The summed E-state index contributed by atoms with van der Waals surface area (Å²) in [5, 5.41) is 6.84. The molecule has 0 bridgehead atoms. The van der Waals surface area contributed by atoms with Crippen molar-refractivity contribution >= 4 is 11.4 Å². The van der Waals surface area contributed by atoms with E-state index in [0.29, 0.717) is 0 Å². The van der Waals surface area contributed by atoms with Gasteiger partial charge in [-0.3, -0.25) is 0 Å². The summed E-state index contributed by atoms with van der Waals surface area (Å²) >= 11 is 0. The van der Waals surface area contributed by atoms with Crippen LogP contribution in [0.3, 0.4) is 0 Å². The molecule has 0 spiro atoms. The molecule has 0 heterocycles. The van der Waals surface area contributed by atoms with Crippen LogP contribution in [-0.4, -0.2) is 13.1 Å². The van der Waals surface area contributed by atoms with Crippen LogP contribution in [0.1, 0.15) is 16.7 Å². The smallest absolute Gasteiger partial charge is 0.0343 e. The number of anilines is 2. The first-order valence-corrected chi connectivity index (χ1v) is 6.77. The Bertz CT molecular complexity index is 529. The second-order valence-corrected chi connectivity index (χ2v) is 5.02. The first-order chi connectivity index (χ1) is 9.15. The van der Waals surface area contributed by atoms with Gasteiger partial charge in [-0.1, -0.05) is 23.8 Å². The molecule has 2 aromatic rings. The molecule has 0 amide bonds. The quantitative estimate of drug-likeness (QED) is 0.784. The Morgan fingerprint density at radius 1 is 0.684 bits per heavy atom. The molecule has 0 aliphatic heterocycles. The van der Waals surface area contributed by atoms with Crippen LogP contribution in [-0.2, 0) is 0 Å². The van der Waals surface area contributed by atoms with E-state index in [0.717, 1.165) is 13.1 Å². The standard InChI is InChI=1S/C17H22N2/c1-13-4-7-16(8-5-13)18-10-11-19-17-9-6-14(2)15(3)12-17/h4-9,12,18-19H,10-11H2,1-3H3. The molecular formula is C17H22N2. The number of aryl methyl sites for hydroxylation is 3. The van der Waals surface area contributed by atoms with Gasteiger partial charge in [0.2, 0.25) is 0 Å². The van der Waals surface area contributed by atoms with Crippen LogP contribution in [0.15, 0.2) is 42.5 Å². The predicted octanol–water partition coefficient (Wildman–Crippen LogP) is 4.14. The average Bonchev–Trinajstić information content (AvgIpc) is 2.41. The summed E-state index contributed by atoms with van der Waals surface area (Å²) < 4.78 is 0. The molecular weight excluding hydrogens is 232 g/mol. The van der Waals surface area contributed by atoms with Crippen LogP contribution in [0.5, 0.6) is 0 Å². The van der Waals surface area contributed by atoms with Crippen molar-refractivity contribution in [3.05, 3.63) is 59.2 Å². The van der Waals surface area contributed by atoms with Gasteiger partial charge in [-0.2, -0.15) is 0 Å². The van der Waals surface area contributed by atoms with Crippen LogP contribution in [0.2, 0.25) is 0 Å². The Morgan fingerprint density at radius 2 is 1.26 bits per heavy atom. The molecule has 2 rings (SSSR count). The fraction of sp³-hybridized carbons (Fsp3) is 0.294. The molecule has 0 aromatic heterocycles. The predicted molar refractivity (Wildman–Crippen MR) is 84.1 cm³/mol. The van der Waals surface area contributed by atoms with Crippen LogP contribution in [0, 0.1) is 20.8 Å². The lowest BCUT2D eigenvalue weighted by Gasteiger charge is -2.10. The number of nitrogens with one attached hydrogen (secondary N) is 2. The number of rotatable bonds is 5. The zero-order valence-electron chi connectivity index (χ0n) is 12.0. The fourth-order valence-electron chi connectivity index (χ4n) is 1.94. The maximum Gasteiger partial charge on any atom is 0.0343 e. The number of hydrogen-bond acceptors (Lipinski definition) is 2. The molecule has 2 nitrogen and oxygen atoms in total. The summed E-state index contributed by atoms with van der Waals surface area (Å²) in [4.78, 5) is 0. The Kier molecular flexibility index (Phi) is 4.45. The summed E-state index contributed by atoms with van der Waals surface area (Å²) in [6.45, 7) is 8.21. The third kappa shape index (κ3) is 4.02. The molecule has 0 fully saturated rings. The van der Waals surface area contributed by atoms with E-state index in [2.05, 4.69) is 73.9 Å². The summed E-state index contributed by atoms with van der Waals surface area (Å²) in [5.41, 5.74) is 6.32. The highest BCUT2D eigenvalue weighted by Crippen LogP contribution is 2.14. The first kappa shape index (κ1) is 13.5. The van der Waals surface area contributed by atoms with Gasteiger partial charge in [0.05, 0.1) is 0 Å². The Morgan fingerprint density at radius 3 is 1.89 bits per heavy atom. The minimum Gasteiger partial charge on any atom is -0.383 e. The zero-order valence-corrected chi connectivity index (χ0v) is 12.0. The summed E-state index contributed by atoms with van der Waals surface area (Å²) in [5.74, 6) is 0. The molecule has 100 valence electrons. The SMILES string of the molecule is Cc1ccc(NCCNc2ccc(C)c(C)c2)cc1. The first-order valence-electron chi connectivity index (χ1n) is 6.77. The Labute approximate surface area is 115 Å². The maximum atomic E-state index is 3.43. The van der Waals surface area contributed by atoms with Gasteiger partial charge in [-0.05, 0) is 56.2 Å². The molecule has 0 unspecified atom stereocenters. The van der Waals surface area contributed by atoms with Crippen LogP contribution in [0.25, 0.3) is 0 Å². The fourth-order valence-corrected chi connectivity index (χ4v) is 1.94. The molecule has 2 aromatic carbocycles. The molecule has 2 N–H and O–H groups in total. The van der Waals surface area contributed by atoms with E-state index < -0.39 is 0 Å². The third-order valence-electron chi connectivity index (χ3n) is 3.34. The number of hydrogen-bond donors (Lipinski definition) is 2. The Hall–Kier alpha value is -1.96. The molecule has 0 aliphatic rings. The van der Waals surface area contributed by atoms with E-state index in [-0.39, 0.29) is 0 Å². The largest absolute Gasteiger partial charge is 0.383 e. The second kappa shape index (κ2) is 6.28. The van der Waals surface area contributed by atoms with Gasteiger partial charge >= 0.3 is 0 Å². The van der Waals surface area contributed by atoms with Crippen LogP contribution >= 0.6 is 0 Å². The van der Waals surface area contributed by atoms with E-state index in [1.54, 1.807) is 0 Å². The lowest BCUT2D eigenvalue weighted by Crippen LogP contribution is -2.13. The highest BCUT2D eigenvalue weighted by molar-refractivity contribution is 5.49. The normalized spacial score (nSPS) is 10.3. The lowest BCUT2D eigenvalue weighted by atomic mass is 10.1. The van der Waals surface area contributed by atoms with Gasteiger partial charge in [0, 0.05) is 24.5 Å². The molecule has 0 atom stereocenters. The van der Waals surface area contributed by atoms with Crippen molar-refractivity contribution in [2.24, 2.45) is 0 Å². The maximum absolute atomic E-state index is 3.43. The van der Waals surface area contributed by atoms with Crippen molar-refractivity contribution in [3.8, 4) is 0 Å². The molecule has 0 saturated heterocycles. The lowest BCUT2D eigenvalue weighted by molar-refractivity contribution is 1.08. The van der Waals surface area contributed by atoms with Crippen molar-refractivity contribution < 1.29 is 0 Å². The molecule has 0 saturated carbocycles. The third-order valence-corrected chi connectivity index (χ3v) is 3.34. The van der Waals surface area contributed by atoms with Crippen LogP contribution < -0.4 is 10.6 Å². The van der Waals surface area contributed by atoms with Crippen molar-refractivity contribution in [1.29, 1.82) is 0 Å². The zero-order chi connectivity index (χ0) is 13.7. The van der Waals surface area contributed by atoms with E-state index in [1.807, 2.05) is 0 Å². The summed E-state index contributed by atoms with van der Waals surface area (Å²) in [7, 11) is 0. The van der Waals surface area contributed by atoms with Gasteiger partial charge in [0.1, 0.15) is 0 Å². The second-order valence-electron chi connectivity index (χ2n) is 5.02. The molecule has 19 heavy (non-hydrogen) atoms. The van der Waals surface area contributed by atoms with Crippen LogP contribution in [0.4, 0.5) is 11.4 Å². The molecule has 2 heteroatoms. The van der Waals surface area contributed by atoms with Crippen molar-refractivity contribution in [1.82, 2.24) is 0 Å². The topological polar surface area (TPSA) is 24.1 Å². The minimum atomic E-state index is 0.913. The van der Waals surface area contributed by atoms with Gasteiger partial charge in [-0.25, -0.2) is 0 Å². The van der Waals surface area contributed by atoms with E-state index >= 15 is 0 Å². The summed E-state index contributed by atoms with van der Waals surface area (Å²) in [6, 6.07) is 15.0. The minimum absolute atomic E-state index is 0.913. The van der Waals surface area contributed by atoms with Gasteiger partial charge in [0.15, 0.2) is 0 Å². The molecule has 0 radical (unpaired) electrons. The van der Waals surface area contributed by atoms with Crippen molar-refractivity contribution in [2.45, 2.75) is 20.8 Å². The molecule has 0 aliphatic carbocycles.